The number of aliphatic hydroxyl groups is 1. The van der Waals surface area contributed by atoms with Crippen molar-refractivity contribution in [1.29, 1.82) is 0 Å². The van der Waals surface area contributed by atoms with E-state index < -0.39 is 11.9 Å². The zero-order valence-electron chi connectivity index (χ0n) is 17.9. The minimum atomic E-state index is -4.66. The third-order valence-electron chi connectivity index (χ3n) is 5.69. The topological polar surface area (TPSA) is 61.6 Å². The van der Waals surface area contributed by atoms with Crippen molar-refractivity contribution in [3.8, 4) is 11.3 Å². The van der Waals surface area contributed by atoms with Gasteiger partial charge >= 0.3 is 6.18 Å². The van der Waals surface area contributed by atoms with E-state index in [1.807, 2.05) is 12.1 Å². The van der Waals surface area contributed by atoms with Gasteiger partial charge in [-0.3, -0.25) is 9.48 Å². The molecule has 1 aromatic heterocycles. The second kappa shape index (κ2) is 9.97. The van der Waals surface area contributed by atoms with Crippen LogP contribution in [0, 0.1) is 0 Å². The highest BCUT2D eigenvalue weighted by Gasteiger charge is 2.39. The third kappa shape index (κ3) is 5.08. The summed E-state index contributed by atoms with van der Waals surface area (Å²) in [5.41, 5.74) is 1.18. The van der Waals surface area contributed by atoms with Crippen molar-refractivity contribution in [2.45, 2.75) is 19.3 Å². The van der Waals surface area contributed by atoms with Gasteiger partial charge in [0, 0.05) is 42.5 Å². The van der Waals surface area contributed by atoms with Gasteiger partial charge in [-0.05, 0) is 39.7 Å². The van der Waals surface area contributed by atoms with Crippen LogP contribution in [0.15, 0.2) is 53.0 Å². The number of amides is 1. The van der Waals surface area contributed by atoms with Gasteiger partial charge < -0.3 is 14.9 Å². The predicted molar refractivity (Wildman–Crippen MR) is 127 cm³/mol. The number of alkyl halides is 3. The summed E-state index contributed by atoms with van der Waals surface area (Å²) in [7, 11) is 0. The van der Waals surface area contributed by atoms with E-state index in [0.717, 1.165) is 10.4 Å². The Bertz CT molecular complexity index is 1180. The number of carbonyl (C=O) groups is 1. The number of hydrogen-bond donors (Lipinski definition) is 1. The molecule has 0 atom stereocenters. The first-order chi connectivity index (χ1) is 16.2. The number of piperazine rings is 1. The van der Waals surface area contributed by atoms with Crippen LogP contribution in [0.2, 0.25) is 5.02 Å². The van der Waals surface area contributed by atoms with Gasteiger partial charge in [-0.25, -0.2) is 0 Å². The number of halogens is 5. The molecular weight excluding hydrogens is 537 g/mol. The molecule has 34 heavy (non-hydrogen) atoms. The van der Waals surface area contributed by atoms with Crippen LogP contribution in [-0.2, 0) is 24.1 Å². The Kier molecular flexibility index (Phi) is 7.20. The summed E-state index contributed by atoms with van der Waals surface area (Å²) in [4.78, 5) is 16.7. The third-order valence-corrected chi connectivity index (χ3v) is 6.81. The van der Waals surface area contributed by atoms with Crippen molar-refractivity contribution in [2.75, 3.05) is 31.1 Å². The fourth-order valence-electron chi connectivity index (χ4n) is 3.93. The second-order valence-electron chi connectivity index (χ2n) is 7.83. The van der Waals surface area contributed by atoms with Crippen molar-refractivity contribution in [2.24, 2.45) is 0 Å². The van der Waals surface area contributed by atoms with Gasteiger partial charge in [0.25, 0.3) is 0 Å². The molecule has 180 valence electrons. The highest BCUT2D eigenvalue weighted by molar-refractivity contribution is 9.10. The summed E-state index contributed by atoms with van der Waals surface area (Å²) in [5.74, 6) is -0.312. The van der Waals surface area contributed by atoms with Crippen molar-refractivity contribution in [3.63, 3.8) is 0 Å². The van der Waals surface area contributed by atoms with Crippen LogP contribution >= 0.6 is 27.5 Å². The van der Waals surface area contributed by atoms with Crippen molar-refractivity contribution in [1.82, 2.24) is 14.7 Å². The van der Waals surface area contributed by atoms with Crippen LogP contribution in [0.1, 0.15) is 11.3 Å². The molecule has 4 rings (SSSR count). The number of benzene rings is 2. The lowest BCUT2D eigenvalue weighted by molar-refractivity contribution is -0.142. The highest BCUT2D eigenvalue weighted by atomic mass is 79.9. The molecule has 0 bridgehead atoms. The Morgan fingerprint density at radius 3 is 2.38 bits per heavy atom. The largest absolute Gasteiger partial charge is 0.436 e. The SMILES string of the molecule is O=C(Cn1nc(C(F)(F)F)c(Br)c1-c1ccccc1)N1CCN(c2ccc(Cl)c(CO)c2)CC1. The van der Waals surface area contributed by atoms with Gasteiger partial charge in [0.05, 0.1) is 16.8 Å². The maximum atomic E-state index is 13.5. The molecule has 0 unspecified atom stereocenters. The van der Waals surface area contributed by atoms with Crippen molar-refractivity contribution >= 4 is 39.1 Å². The van der Waals surface area contributed by atoms with Gasteiger partial charge in [0.1, 0.15) is 6.54 Å². The van der Waals surface area contributed by atoms with E-state index in [1.54, 1.807) is 41.3 Å². The van der Waals surface area contributed by atoms with Gasteiger partial charge in [0.2, 0.25) is 5.91 Å². The zero-order valence-corrected chi connectivity index (χ0v) is 20.2. The average molecular weight is 558 g/mol. The number of aromatic nitrogens is 2. The molecule has 1 amide bonds. The lowest BCUT2D eigenvalue weighted by atomic mass is 10.1. The smallest absolute Gasteiger partial charge is 0.392 e. The summed E-state index contributed by atoms with van der Waals surface area (Å²) in [6, 6.07) is 13.9. The van der Waals surface area contributed by atoms with E-state index in [4.69, 9.17) is 11.6 Å². The Morgan fingerprint density at radius 2 is 1.76 bits per heavy atom. The average Bonchev–Trinajstić information content (AvgIpc) is 3.16. The van der Waals surface area contributed by atoms with E-state index in [0.29, 0.717) is 42.3 Å². The summed E-state index contributed by atoms with van der Waals surface area (Å²) >= 11 is 9.11. The van der Waals surface area contributed by atoms with Crippen molar-refractivity contribution < 1.29 is 23.1 Å². The maximum absolute atomic E-state index is 13.5. The van der Waals surface area contributed by atoms with Crippen molar-refractivity contribution in [3.05, 3.63) is 69.3 Å². The Hall–Kier alpha value is -2.56. The molecular formula is C23H21BrClF3N4O2. The fourth-order valence-corrected chi connectivity index (χ4v) is 4.84. The van der Waals surface area contributed by atoms with Gasteiger partial charge in [-0.2, -0.15) is 18.3 Å². The van der Waals surface area contributed by atoms with E-state index in [-0.39, 0.29) is 29.2 Å². The molecule has 0 radical (unpaired) electrons. The minimum absolute atomic E-state index is 0.172. The monoisotopic (exact) mass is 556 g/mol. The minimum Gasteiger partial charge on any atom is -0.392 e. The molecule has 1 aliphatic rings. The van der Waals surface area contributed by atoms with E-state index in [2.05, 4.69) is 25.9 Å². The summed E-state index contributed by atoms with van der Waals surface area (Å²) in [6.45, 7) is 1.42. The van der Waals surface area contributed by atoms with E-state index in [1.165, 1.54) is 0 Å². The molecule has 1 aliphatic heterocycles. The lowest BCUT2D eigenvalue weighted by Gasteiger charge is -2.36. The van der Waals surface area contributed by atoms with Crippen LogP contribution in [0.4, 0.5) is 18.9 Å². The molecule has 2 aromatic carbocycles. The molecule has 1 fully saturated rings. The standard InChI is InChI=1S/C23H21BrClF3N4O2/c24-20-21(15-4-2-1-3-5-15)32(29-22(20)23(26,27)28)13-19(34)31-10-8-30(9-11-31)17-6-7-18(25)16(12-17)14-33/h1-7,12,33H,8-11,13-14H2. The predicted octanol–water partition coefficient (Wildman–Crippen LogP) is 4.83. The normalized spacial score (nSPS) is 14.5. The summed E-state index contributed by atoms with van der Waals surface area (Å²) in [6.07, 6.45) is -4.66. The number of aliphatic hydroxyl groups excluding tert-OH is 1. The molecule has 0 saturated carbocycles. The van der Waals surface area contributed by atoms with Crippen LogP contribution in [-0.4, -0.2) is 51.9 Å². The highest BCUT2D eigenvalue weighted by Crippen LogP contribution is 2.39. The molecule has 1 saturated heterocycles. The van der Waals surface area contributed by atoms with Gasteiger partial charge in [0.15, 0.2) is 5.69 Å². The number of anilines is 1. The first-order valence-electron chi connectivity index (χ1n) is 10.5. The second-order valence-corrected chi connectivity index (χ2v) is 9.03. The van der Waals surface area contributed by atoms with Crippen LogP contribution in [0.3, 0.4) is 0 Å². The Labute approximate surface area is 207 Å². The van der Waals surface area contributed by atoms with Crippen LogP contribution in [0.25, 0.3) is 11.3 Å². The number of rotatable bonds is 5. The lowest BCUT2D eigenvalue weighted by Crippen LogP contribution is -2.49. The number of nitrogens with zero attached hydrogens (tertiary/aromatic N) is 4. The van der Waals surface area contributed by atoms with Gasteiger partial charge in [-0.1, -0.05) is 41.9 Å². The van der Waals surface area contributed by atoms with E-state index >= 15 is 0 Å². The Morgan fingerprint density at radius 1 is 1.09 bits per heavy atom. The molecule has 0 spiro atoms. The molecule has 11 heteroatoms. The quantitative estimate of drug-likeness (QED) is 0.489. The Balaban J connectivity index is 1.50. The van der Waals surface area contributed by atoms with Crippen LogP contribution < -0.4 is 4.90 Å². The van der Waals surface area contributed by atoms with Crippen LogP contribution in [0.5, 0.6) is 0 Å². The molecule has 0 aliphatic carbocycles. The first kappa shape index (κ1) is 24.6. The fraction of sp³-hybridized carbons (Fsp3) is 0.304. The first-order valence-corrected chi connectivity index (χ1v) is 11.7. The number of hydrogen-bond acceptors (Lipinski definition) is 4. The zero-order chi connectivity index (χ0) is 24.5. The maximum Gasteiger partial charge on any atom is 0.436 e. The molecule has 1 N–H and O–H groups in total. The molecule has 3 aromatic rings. The number of carbonyl (C=O) groups excluding carboxylic acids is 1. The van der Waals surface area contributed by atoms with Gasteiger partial charge in [-0.15, -0.1) is 0 Å². The van der Waals surface area contributed by atoms with E-state index in [9.17, 15) is 23.1 Å². The summed E-state index contributed by atoms with van der Waals surface area (Å²) < 4.78 is 41.4. The molecule has 6 nitrogen and oxygen atoms in total. The molecule has 2 heterocycles. The summed E-state index contributed by atoms with van der Waals surface area (Å²) in [5, 5.41) is 13.7.